The van der Waals surface area contributed by atoms with Gasteiger partial charge in [0.05, 0.1) is 0 Å². The Morgan fingerprint density at radius 3 is 0.762 bits per heavy atom. The molecule has 0 heterocycles. The molecule has 1 unspecified atom stereocenters. The summed E-state index contributed by atoms with van der Waals surface area (Å²) in [6, 6.07) is 0. The lowest BCUT2D eigenvalue weighted by molar-refractivity contribution is 0.521. The van der Waals surface area contributed by atoms with Crippen LogP contribution in [0.5, 0.6) is 0 Å². The number of hydrogen-bond donors (Lipinski definition) is 0. The Morgan fingerprint density at radius 1 is 0.286 bits per heavy atom. The molecule has 0 aliphatic rings. The van der Waals surface area contributed by atoms with Gasteiger partial charge in [-0.15, -0.1) is 7.92 Å². The van der Waals surface area contributed by atoms with Gasteiger partial charge in [-0.1, -0.05) is 214 Å². The first kappa shape index (κ1) is 44.8. The second-order valence-corrected chi connectivity index (χ2v) is 16.6. The number of unbranched alkanes of at least 4 members (excludes halogenated alkanes) is 27. The maximum Gasteiger partial charge on any atom is -0.0149 e. The van der Waals surface area contributed by atoms with Crippen molar-refractivity contribution in [1.82, 2.24) is 0 Å². The molecular weight excluding hydrogens is 540 g/mol. The Labute approximate surface area is 275 Å². The summed E-state index contributed by atoms with van der Waals surface area (Å²) in [5.74, 6) is 0. The quantitative estimate of drug-likeness (QED) is 0.0369. The van der Waals surface area contributed by atoms with Crippen molar-refractivity contribution in [1.29, 1.82) is 0 Å². The lowest BCUT2D eigenvalue weighted by Crippen LogP contribution is -2.11. The summed E-state index contributed by atoms with van der Waals surface area (Å²) in [6.07, 6.45) is 52.2. The molecule has 0 fully saturated rings. The van der Waals surface area contributed by atoms with E-state index in [1.165, 1.54) is 199 Å². The summed E-state index contributed by atoms with van der Waals surface area (Å²) in [7, 11) is 0.261. The van der Waals surface area contributed by atoms with Crippen LogP contribution in [-0.2, 0) is 0 Å². The molecule has 42 heavy (non-hydrogen) atoms. The lowest BCUT2D eigenvalue weighted by atomic mass is 10.0. The Bertz CT molecular complexity index is 437. The van der Waals surface area contributed by atoms with Gasteiger partial charge >= 0.3 is 0 Å². The molecular formula is C40H87PSi. The zero-order valence-corrected chi connectivity index (χ0v) is 30.7. The minimum atomic E-state index is 0. The summed E-state index contributed by atoms with van der Waals surface area (Å²) in [6.45, 7) is 9.38. The Balaban J connectivity index is 0. The van der Waals surface area contributed by atoms with Crippen molar-refractivity contribution in [3.63, 3.8) is 0 Å². The van der Waals surface area contributed by atoms with Crippen molar-refractivity contribution in [2.24, 2.45) is 0 Å². The van der Waals surface area contributed by atoms with Crippen LogP contribution in [0.25, 0.3) is 0 Å². The predicted octanol–water partition coefficient (Wildman–Crippen LogP) is 14.3. The van der Waals surface area contributed by atoms with E-state index in [1.807, 2.05) is 0 Å². The normalized spacial score (nSPS) is 12.2. The molecule has 2 heteroatoms. The minimum Gasteiger partial charge on any atom is -0.104 e. The minimum absolute atomic E-state index is 0. The van der Waals surface area contributed by atoms with E-state index in [0.29, 0.717) is 0 Å². The summed E-state index contributed by atoms with van der Waals surface area (Å²) < 4.78 is 0. The largest absolute Gasteiger partial charge is 0.104 e. The Morgan fingerprint density at radius 2 is 0.500 bits per heavy atom. The molecule has 0 aromatic heterocycles. The van der Waals surface area contributed by atoms with Crippen molar-refractivity contribution in [3.8, 4) is 0 Å². The third-order valence-corrected chi connectivity index (χ3v) is 13.0. The third-order valence-electron chi connectivity index (χ3n) is 9.65. The van der Waals surface area contributed by atoms with Crippen LogP contribution in [0.1, 0.15) is 240 Å². The highest BCUT2D eigenvalue weighted by Crippen LogP contribution is 2.48. The van der Waals surface area contributed by atoms with Crippen LogP contribution in [-0.4, -0.2) is 28.9 Å². The second-order valence-electron chi connectivity index (χ2n) is 13.8. The van der Waals surface area contributed by atoms with E-state index in [0.717, 1.165) is 5.66 Å². The molecule has 0 radical (unpaired) electrons. The molecule has 0 N–H and O–H groups in total. The van der Waals surface area contributed by atoms with Gasteiger partial charge in [0, 0.05) is 0 Å². The van der Waals surface area contributed by atoms with Gasteiger partial charge in [-0.2, -0.15) is 0 Å². The van der Waals surface area contributed by atoms with E-state index < -0.39 is 0 Å². The maximum absolute atomic E-state index is 2.36. The Kier molecular flexibility index (Phi) is 42.3. The first-order chi connectivity index (χ1) is 20.3. The number of rotatable bonds is 36. The summed E-state index contributed by atoms with van der Waals surface area (Å²) in [5, 5.41) is 0. The fourth-order valence-corrected chi connectivity index (χ4v) is 10.0. The molecule has 1 atom stereocenters. The van der Waals surface area contributed by atoms with Gasteiger partial charge in [-0.3, -0.25) is 0 Å². The predicted molar refractivity (Wildman–Crippen MR) is 207 cm³/mol. The van der Waals surface area contributed by atoms with Crippen LogP contribution in [0, 0.1) is 0 Å². The van der Waals surface area contributed by atoms with E-state index in [1.54, 1.807) is 25.2 Å². The molecule has 0 aliphatic carbocycles. The molecule has 0 aliphatic heterocycles. The van der Waals surface area contributed by atoms with Crippen LogP contribution >= 0.6 is 7.92 Å². The van der Waals surface area contributed by atoms with Crippen molar-refractivity contribution in [2.45, 2.75) is 245 Å². The van der Waals surface area contributed by atoms with Gasteiger partial charge in [0.25, 0.3) is 0 Å². The first-order valence-corrected chi connectivity index (χ1v) is 21.8. The van der Waals surface area contributed by atoms with Crippen molar-refractivity contribution >= 4 is 18.9 Å². The zero-order chi connectivity index (χ0) is 29.9. The van der Waals surface area contributed by atoms with Gasteiger partial charge in [-0.05, 0) is 54.6 Å². The topological polar surface area (TPSA) is 0 Å². The van der Waals surface area contributed by atoms with Crippen LogP contribution in [0.2, 0.25) is 0 Å². The fourth-order valence-electron chi connectivity index (χ4n) is 6.73. The highest BCUT2D eigenvalue weighted by molar-refractivity contribution is 7.58. The molecule has 0 aromatic rings. The summed E-state index contributed by atoms with van der Waals surface area (Å²) in [4.78, 5) is 0. The molecule has 0 saturated carbocycles. The molecule has 0 nitrogen and oxygen atoms in total. The van der Waals surface area contributed by atoms with Gasteiger partial charge in [0.2, 0.25) is 0 Å². The zero-order valence-electron chi connectivity index (χ0n) is 29.8. The van der Waals surface area contributed by atoms with E-state index in [4.69, 9.17) is 0 Å². The van der Waals surface area contributed by atoms with Crippen LogP contribution in [0.15, 0.2) is 0 Å². The highest BCUT2D eigenvalue weighted by Gasteiger charge is 2.20. The van der Waals surface area contributed by atoms with Gasteiger partial charge < -0.3 is 0 Å². The number of hydrogen-bond acceptors (Lipinski definition) is 0. The van der Waals surface area contributed by atoms with Crippen LogP contribution in [0.3, 0.4) is 0 Å². The lowest BCUT2D eigenvalue weighted by Gasteiger charge is -2.29. The highest BCUT2D eigenvalue weighted by atomic mass is 31.1. The van der Waals surface area contributed by atoms with E-state index >= 15 is 0 Å². The summed E-state index contributed by atoms with van der Waals surface area (Å²) >= 11 is 0. The van der Waals surface area contributed by atoms with Gasteiger partial charge in [-0.25, -0.2) is 0 Å². The second kappa shape index (κ2) is 39.7. The molecule has 0 bridgehead atoms. The third kappa shape index (κ3) is 33.5. The Hall–Kier alpha value is 0.647. The SMILES string of the molecule is CCCCCCCCCCCCCCCCC(CCCCCCC)P(CCCCCCCC)CCCCCCCC.[SiH4]. The average molecular weight is 627 g/mol. The molecule has 0 rings (SSSR count). The molecule has 0 amide bonds. The van der Waals surface area contributed by atoms with Gasteiger partial charge in [0.1, 0.15) is 0 Å². The first-order valence-electron chi connectivity index (χ1n) is 20.0. The van der Waals surface area contributed by atoms with E-state index in [-0.39, 0.29) is 18.9 Å². The van der Waals surface area contributed by atoms with Crippen LogP contribution in [0.4, 0.5) is 0 Å². The molecule has 0 aromatic carbocycles. The van der Waals surface area contributed by atoms with Crippen molar-refractivity contribution < 1.29 is 0 Å². The maximum atomic E-state index is 2.36. The molecule has 0 spiro atoms. The van der Waals surface area contributed by atoms with Crippen molar-refractivity contribution in [2.75, 3.05) is 12.3 Å². The van der Waals surface area contributed by atoms with Crippen molar-refractivity contribution in [3.05, 3.63) is 0 Å². The average Bonchev–Trinajstić information content (AvgIpc) is 2.98. The van der Waals surface area contributed by atoms with Crippen LogP contribution < -0.4 is 0 Å². The van der Waals surface area contributed by atoms with Gasteiger partial charge in [0.15, 0.2) is 0 Å². The van der Waals surface area contributed by atoms with E-state index in [9.17, 15) is 0 Å². The summed E-state index contributed by atoms with van der Waals surface area (Å²) in [5.41, 5.74) is 1.09. The molecule has 256 valence electrons. The fraction of sp³-hybridized carbons (Fsp3) is 1.00. The monoisotopic (exact) mass is 627 g/mol. The standard InChI is InChI=1S/C40H83P.H4Si/c1-5-9-13-17-20-21-22-23-24-25-26-27-29-33-37-40(36-32-28-16-12-8-4)41(38-34-30-18-14-10-6-2)39-35-31-19-15-11-7-3;/h40H,5-39H2,1-4H3;1H4. The van der Waals surface area contributed by atoms with E-state index in [2.05, 4.69) is 27.7 Å². The molecule has 0 saturated heterocycles. The smallest absolute Gasteiger partial charge is 0.0149 e.